The number of aliphatic hydroxyl groups is 3. The van der Waals surface area contributed by atoms with E-state index in [1.807, 2.05) is 0 Å². The molecule has 6 aliphatic rings. The molecule has 1 saturated heterocycles. The van der Waals surface area contributed by atoms with E-state index in [1.165, 1.54) is 0 Å². The summed E-state index contributed by atoms with van der Waals surface area (Å²) in [6.07, 6.45) is 1.21. The topological polar surface area (TPSA) is 101 Å². The van der Waals surface area contributed by atoms with Gasteiger partial charge in [0.1, 0.15) is 11.2 Å². The van der Waals surface area contributed by atoms with E-state index in [4.69, 9.17) is 18.9 Å². The third kappa shape index (κ3) is 2.20. The summed E-state index contributed by atoms with van der Waals surface area (Å²) in [5, 5.41) is 37.1. The summed E-state index contributed by atoms with van der Waals surface area (Å²) in [5.41, 5.74) is -3.70. The maximum atomic E-state index is 12.9. The maximum Gasteiger partial charge on any atom is 0.136 e. The van der Waals surface area contributed by atoms with Gasteiger partial charge in [-0.2, -0.15) is 0 Å². The van der Waals surface area contributed by atoms with Gasteiger partial charge in [-0.15, -0.1) is 0 Å². The Balaban J connectivity index is 1.68. The SMILES string of the molecule is CCN1C[C@]2(COC)CC[C@@H](OC)[C@@]34[C@@H]5C[C@@H]6[C@H](O)[C@@H]5[C@](O)(C[C@@H]6OC)[C@](O)([C@@H](OC)[C@H]23)[C@@H]14. The summed E-state index contributed by atoms with van der Waals surface area (Å²) in [4.78, 5) is 2.38. The average Bonchev–Trinajstić information content (AvgIpc) is 3.16. The van der Waals surface area contributed by atoms with Crippen molar-refractivity contribution in [3.8, 4) is 0 Å². The standard InChI is InChI=1S/C25H41NO7/c1-6-26-11-22(12-30-2)8-7-16(32-4)24-14-9-13-15(31-3)10-23(28,17(14)18(13)27)25(29,21(24)26)20(33-5)19(22)24/h13-21,27-29H,6-12H2,1-5H3/t13-,14+,15-,16+,17+,18-,19+,20-,21-,22-,23+,24-,25-/m0/s1. The number of piperidine rings is 1. The number of aliphatic hydroxyl groups excluding tert-OH is 1. The fourth-order valence-electron chi connectivity index (χ4n) is 11.0. The minimum atomic E-state index is -1.55. The first kappa shape index (κ1) is 23.1. The van der Waals surface area contributed by atoms with Crippen molar-refractivity contribution in [1.82, 2.24) is 4.90 Å². The number of nitrogens with zero attached hydrogens (tertiary/aromatic N) is 1. The van der Waals surface area contributed by atoms with Crippen LogP contribution in [-0.4, -0.2) is 110 Å². The molecule has 188 valence electrons. The molecule has 8 nitrogen and oxygen atoms in total. The van der Waals surface area contributed by atoms with Crippen LogP contribution in [0.5, 0.6) is 0 Å². The van der Waals surface area contributed by atoms with Gasteiger partial charge in [0.25, 0.3) is 0 Å². The monoisotopic (exact) mass is 467 g/mol. The number of ether oxygens (including phenoxy) is 4. The lowest BCUT2D eigenvalue weighted by Crippen LogP contribution is -2.82. The van der Waals surface area contributed by atoms with Gasteiger partial charge >= 0.3 is 0 Å². The first-order valence-corrected chi connectivity index (χ1v) is 12.7. The second kappa shape index (κ2) is 7.13. The molecule has 1 aliphatic heterocycles. The van der Waals surface area contributed by atoms with Crippen molar-refractivity contribution in [1.29, 1.82) is 0 Å². The normalized spacial score (nSPS) is 60.9. The predicted molar refractivity (Wildman–Crippen MR) is 119 cm³/mol. The van der Waals surface area contributed by atoms with E-state index in [2.05, 4.69) is 11.8 Å². The molecule has 5 saturated carbocycles. The Morgan fingerprint density at radius 3 is 2.42 bits per heavy atom. The fraction of sp³-hybridized carbons (Fsp3) is 1.00. The Morgan fingerprint density at radius 1 is 1.06 bits per heavy atom. The molecule has 0 aromatic heterocycles. The Labute approximate surface area is 196 Å². The van der Waals surface area contributed by atoms with Gasteiger partial charge in [-0.3, -0.25) is 4.90 Å². The lowest BCUT2D eigenvalue weighted by molar-refractivity contribution is -0.318. The molecular weight excluding hydrogens is 426 g/mol. The number of methoxy groups -OCH3 is 4. The van der Waals surface area contributed by atoms with E-state index in [-0.39, 0.29) is 41.4 Å². The van der Waals surface area contributed by atoms with Crippen LogP contribution in [0.3, 0.4) is 0 Å². The van der Waals surface area contributed by atoms with Crippen LogP contribution in [-0.2, 0) is 18.9 Å². The van der Waals surface area contributed by atoms with Crippen molar-refractivity contribution in [3.05, 3.63) is 0 Å². The Morgan fingerprint density at radius 2 is 1.82 bits per heavy atom. The van der Waals surface area contributed by atoms with Crippen molar-refractivity contribution >= 4 is 0 Å². The van der Waals surface area contributed by atoms with E-state index in [0.717, 1.165) is 32.4 Å². The van der Waals surface area contributed by atoms with Crippen LogP contribution < -0.4 is 0 Å². The van der Waals surface area contributed by atoms with Crippen molar-refractivity contribution < 1.29 is 34.3 Å². The molecular formula is C25H41NO7. The highest BCUT2D eigenvalue weighted by Crippen LogP contribution is 2.80. The van der Waals surface area contributed by atoms with Crippen LogP contribution >= 0.6 is 0 Å². The van der Waals surface area contributed by atoms with Crippen molar-refractivity contribution in [3.63, 3.8) is 0 Å². The van der Waals surface area contributed by atoms with Gasteiger partial charge in [0, 0.05) is 70.0 Å². The molecule has 33 heavy (non-hydrogen) atoms. The number of hydrogen-bond acceptors (Lipinski definition) is 8. The van der Waals surface area contributed by atoms with E-state index in [9.17, 15) is 15.3 Å². The largest absolute Gasteiger partial charge is 0.392 e. The van der Waals surface area contributed by atoms with E-state index >= 15 is 0 Å². The molecule has 0 amide bonds. The van der Waals surface area contributed by atoms with E-state index < -0.39 is 34.7 Å². The summed E-state index contributed by atoms with van der Waals surface area (Å²) >= 11 is 0. The van der Waals surface area contributed by atoms with Crippen LogP contribution in [0.1, 0.15) is 32.6 Å². The molecule has 3 N–H and O–H groups in total. The van der Waals surface area contributed by atoms with Crippen LogP contribution in [0.2, 0.25) is 0 Å². The lowest BCUT2D eigenvalue weighted by Gasteiger charge is -2.70. The van der Waals surface area contributed by atoms with Crippen molar-refractivity contribution in [2.45, 2.75) is 74.3 Å². The van der Waals surface area contributed by atoms with Gasteiger partial charge in [0.15, 0.2) is 0 Å². The molecule has 5 aliphatic carbocycles. The Hall–Kier alpha value is -0.320. The Bertz CT molecular complexity index is 814. The first-order valence-electron chi connectivity index (χ1n) is 12.7. The van der Waals surface area contributed by atoms with Crippen LogP contribution in [0.25, 0.3) is 0 Å². The van der Waals surface area contributed by atoms with Crippen LogP contribution in [0.4, 0.5) is 0 Å². The number of likely N-dealkylation sites (tertiary alicyclic amines) is 1. The number of fused-ring (bicyclic) bond motifs is 2. The molecule has 13 atom stereocenters. The molecule has 6 rings (SSSR count). The molecule has 0 aromatic carbocycles. The maximum absolute atomic E-state index is 12.9. The summed E-state index contributed by atoms with van der Waals surface area (Å²) in [6.45, 7) is 4.28. The smallest absolute Gasteiger partial charge is 0.136 e. The lowest BCUT2D eigenvalue weighted by atomic mass is 9.42. The highest BCUT2D eigenvalue weighted by Gasteiger charge is 2.91. The van der Waals surface area contributed by atoms with Crippen molar-refractivity contribution in [2.75, 3.05) is 48.1 Å². The first-order chi connectivity index (χ1) is 15.8. The quantitative estimate of drug-likeness (QED) is 0.512. The molecule has 0 radical (unpaired) electrons. The van der Waals surface area contributed by atoms with Crippen molar-refractivity contribution in [2.24, 2.45) is 34.5 Å². The number of likely N-dealkylation sites (N-methyl/N-ethyl adjacent to an activating group) is 1. The average molecular weight is 468 g/mol. The summed E-state index contributed by atoms with van der Waals surface area (Å²) in [6, 6.07) is -0.312. The second-order valence-electron chi connectivity index (χ2n) is 11.9. The predicted octanol–water partition coefficient (Wildman–Crippen LogP) is 0.271. The summed E-state index contributed by atoms with van der Waals surface area (Å²) in [7, 11) is 6.85. The highest BCUT2D eigenvalue weighted by molar-refractivity contribution is 5.41. The molecule has 7 bridgehead atoms. The third-order valence-corrected chi connectivity index (χ3v) is 11.5. The zero-order chi connectivity index (χ0) is 23.6. The zero-order valence-electron chi connectivity index (χ0n) is 20.6. The van der Waals surface area contributed by atoms with Crippen LogP contribution in [0, 0.1) is 34.5 Å². The molecule has 0 unspecified atom stereocenters. The zero-order valence-corrected chi connectivity index (χ0v) is 20.6. The summed E-state index contributed by atoms with van der Waals surface area (Å²) in [5.74, 6) is -0.492. The van der Waals surface area contributed by atoms with E-state index in [0.29, 0.717) is 13.0 Å². The van der Waals surface area contributed by atoms with Gasteiger partial charge in [-0.05, 0) is 31.7 Å². The second-order valence-corrected chi connectivity index (χ2v) is 11.9. The minimum Gasteiger partial charge on any atom is -0.392 e. The molecule has 6 fully saturated rings. The van der Waals surface area contributed by atoms with Crippen LogP contribution in [0.15, 0.2) is 0 Å². The molecule has 8 heteroatoms. The molecule has 1 heterocycles. The third-order valence-electron chi connectivity index (χ3n) is 11.5. The van der Waals surface area contributed by atoms with Gasteiger partial charge in [0.2, 0.25) is 0 Å². The van der Waals surface area contributed by atoms with Gasteiger partial charge < -0.3 is 34.3 Å². The number of rotatable bonds is 6. The minimum absolute atomic E-state index is 0.00825. The fourth-order valence-corrected chi connectivity index (χ4v) is 11.0. The summed E-state index contributed by atoms with van der Waals surface area (Å²) < 4.78 is 24.2. The number of hydrogen-bond donors (Lipinski definition) is 3. The molecule has 0 aromatic rings. The van der Waals surface area contributed by atoms with E-state index in [1.54, 1.807) is 28.4 Å². The highest BCUT2D eigenvalue weighted by atomic mass is 16.5. The van der Waals surface area contributed by atoms with Gasteiger partial charge in [-0.25, -0.2) is 0 Å². The molecule has 1 spiro atoms. The Kier molecular flexibility index (Phi) is 4.99. The van der Waals surface area contributed by atoms with Gasteiger partial charge in [-0.1, -0.05) is 6.92 Å². The van der Waals surface area contributed by atoms with Gasteiger partial charge in [0.05, 0.1) is 37.1 Å².